The third kappa shape index (κ3) is 4.74. The van der Waals surface area contributed by atoms with E-state index in [4.69, 9.17) is 0 Å². The zero-order valence-electron chi connectivity index (χ0n) is 14.5. The van der Waals surface area contributed by atoms with Crippen molar-refractivity contribution in [1.29, 1.82) is 0 Å². The Labute approximate surface area is 130 Å². The van der Waals surface area contributed by atoms with Gasteiger partial charge in [0.25, 0.3) is 0 Å². The van der Waals surface area contributed by atoms with Crippen LogP contribution in [0, 0.1) is 18.3 Å². The van der Waals surface area contributed by atoms with Crippen molar-refractivity contribution in [2.75, 3.05) is 24.5 Å². The lowest BCUT2D eigenvalue weighted by Crippen LogP contribution is -2.38. The Hall–Kier alpha value is -1.02. The number of rotatable bonds is 5. The zero-order valence-corrected chi connectivity index (χ0v) is 14.5. The molecule has 1 fully saturated rings. The fraction of sp³-hybridized carbons (Fsp3) is 0.684. The SMILES string of the molecule is Cc1ccc(N2CCC(C)(C)CC2)c(CNCC(C)C)c1. The maximum absolute atomic E-state index is 3.60. The van der Waals surface area contributed by atoms with Gasteiger partial charge in [-0.3, -0.25) is 0 Å². The molecule has 21 heavy (non-hydrogen) atoms. The Balaban J connectivity index is 2.08. The highest BCUT2D eigenvalue weighted by Crippen LogP contribution is 2.33. The average Bonchev–Trinajstić information content (AvgIpc) is 2.39. The molecule has 0 bridgehead atoms. The third-order valence-electron chi connectivity index (χ3n) is 4.56. The van der Waals surface area contributed by atoms with Gasteiger partial charge in [0.2, 0.25) is 0 Å². The van der Waals surface area contributed by atoms with Crippen LogP contribution in [0.15, 0.2) is 18.2 Å². The normalized spacial score (nSPS) is 18.3. The second-order valence-electron chi connectivity index (χ2n) is 7.81. The Kier molecular flexibility index (Phi) is 5.32. The maximum atomic E-state index is 3.60. The molecule has 0 spiro atoms. The number of nitrogens with one attached hydrogen (secondary N) is 1. The minimum Gasteiger partial charge on any atom is -0.371 e. The standard InChI is InChI=1S/C19H32N2/c1-15(2)13-20-14-17-12-16(3)6-7-18(17)21-10-8-19(4,5)9-11-21/h6-7,12,15,20H,8-11,13-14H2,1-5H3. The molecule has 1 heterocycles. The highest BCUT2D eigenvalue weighted by atomic mass is 15.1. The lowest BCUT2D eigenvalue weighted by molar-refractivity contribution is 0.279. The summed E-state index contributed by atoms with van der Waals surface area (Å²) in [6.45, 7) is 15.9. The maximum Gasteiger partial charge on any atom is 0.0412 e. The number of benzene rings is 1. The van der Waals surface area contributed by atoms with E-state index in [1.165, 1.54) is 42.7 Å². The van der Waals surface area contributed by atoms with Crippen molar-refractivity contribution in [3.63, 3.8) is 0 Å². The van der Waals surface area contributed by atoms with Crippen molar-refractivity contribution >= 4 is 5.69 Å². The molecule has 2 heteroatoms. The number of piperidine rings is 1. The predicted molar refractivity (Wildman–Crippen MR) is 93.0 cm³/mol. The largest absolute Gasteiger partial charge is 0.371 e. The summed E-state index contributed by atoms with van der Waals surface area (Å²) in [7, 11) is 0. The molecular formula is C19H32N2. The van der Waals surface area contributed by atoms with E-state index >= 15 is 0 Å². The molecule has 0 atom stereocenters. The van der Waals surface area contributed by atoms with Crippen LogP contribution in [-0.4, -0.2) is 19.6 Å². The lowest BCUT2D eigenvalue weighted by atomic mass is 9.82. The van der Waals surface area contributed by atoms with E-state index in [1.54, 1.807) is 0 Å². The van der Waals surface area contributed by atoms with Gasteiger partial charge >= 0.3 is 0 Å². The topological polar surface area (TPSA) is 15.3 Å². The lowest BCUT2D eigenvalue weighted by Gasteiger charge is -2.39. The van der Waals surface area contributed by atoms with E-state index in [-0.39, 0.29) is 0 Å². The van der Waals surface area contributed by atoms with Crippen LogP contribution in [0.5, 0.6) is 0 Å². The van der Waals surface area contributed by atoms with Crippen LogP contribution in [0.25, 0.3) is 0 Å². The van der Waals surface area contributed by atoms with Crippen molar-refractivity contribution in [3.05, 3.63) is 29.3 Å². The van der Waals surface area contributed by atoms with E-state index in [2.05, 4.69) is 63.0 Å². The summed E-state index contributed by atoms with van der Waals surface area (Å²) >= 11 is 0. The van der Waals surface area contributed by atoms with Gasteiger partial charge in [0.15, 0.2) is 0 Å². The van der Waals surface area contributed by atoms with Crippen molar-refractivity contribution in [2.24, 2.45) is 11.3 Å². The summed E-state index contributed by atoms with van der Waals surface area (Å²) in [6.07, 6.45) is 2.58. The van der Waals surface area contributed by atoms with Crippen LogP contribution in [-0.2, 0) is 6.54 Å². The average molecular weight is 288 g/mol. The van der Waals surface area contributed by atoms with Gasteiger partial charge in [-0.05, 0) is 49.3 Å². The van der Waals surface area contributed by atoms with Gasteiger partial charge in [-0.1, -0.05) is 45.4 Å². The van der Waals surface area contributed by atoms with Gasteiger partial charge < -0.3 is 10.2 Å². The van der Waals surface area contributed by atoms with E-state index in [0.29, 0.717) is 11.3 Å². The molecule has 1 N–H and O–H groups in total. The van der Waals surface area contributed by atoms with Crippen molar-refractivity contribution in [2.45, 2.75) is 54.0 Å². The summed E-state index contributed by atoms with van der Waals surface area (Å²) in [5.74, 6) is 0.703. The monoisotopic (exact) mass is 288 g/mol. The van der Waals surface area contributed by atoms with Crippen LogP contribution in [0.4, 0.5) is 5.69 Å². The fourth-order valence-corrected chi connectivity index (χ4v) is 3.01. The predicted octanol–water partition coefficient (Wildman–Crippen LogP) is 4.37. The minimum atomic E-state index is 0.511. The van der Waals surface area contributed by atoms with Gasteiger partial charge in [-0.15, -0.1) is 0 Å². The zero-order chi connectivity index (χ0) is 15.5. The first-order chi connectivity index (χ1) is 9.87. The highest BCUT2D eigenvalue weighted by Gasteiger charge is 2.26. The number of hydrogen-bond acceptors (Lipinski definition) is 2. The summed E-state index contributed by atoms with van der Waals surface area (Å²) in [4.78, 5) is 2.58. The number of aryl methyl sites for hydroxylation is 1. The molecule has 1 aromatic carbocycles. The van der Waals surface area contributed by atoms with Gasteiger partial charge in [0.05, 0.1) is 0 Å². The Morgan fingerprint density at radius 3 is 2.48 bits per heavy atom. The summed E-state index contributed by atoms with van der Waals surface area (Å²) in [5.41, 5.74) is 4.76. The molecule has 1 aliphatic rings. The van der Waals surface area contributed by atoms with Crippen LogP contribution in [0.1, 0.15) is 51.7 Å². The van der Waals surface area contributed by atoms with Crippen LogP contribution < -0.4 is 10.2 Å². The van der Waals surface area contributed by atoms with E-state index in [1.807, 2.05) is 0 Å². The molecule has 1 aromatic rings. The number of hydrogen-bond donors (Lipinski definition) is 1. The van der Waals surface area contributed by atoms with E-state index in [9.17, 15) is 0 Å². The Morgan fingerprint density at radius 2 is 1.86 bits per heavy atom. The molecule has 1 saturated heterocycles. The second kappa shape index (κ2) is 6.83. The van der Waals surface area contributed by atoms with E-state index in [0.717, 1.165) is 13.1 Å². The van der Waals surface area contributed by atoms with Crippen molar-refractivity contribution in [3.8, 4) is 0 Å². The smallest absolute Gasteiger partial charge is 0.0412 e. The Morgan fingerprint density at radius 1 is 1.19 bits per heavy atom. The van der Waals surface area contributed by atoms with Crippen LogP contribution >= 0.6 is 0 Å². The number of nitrogens with zero attached hydrogens (tertiary/aromatic N) is 1. The molecule has 0 aromatic heterocycles. The first-order valence-corrected chi connectivity index (χ1v) is 8.42. The minimum absolute atomic E-state index is 0.511. The van der Waals surface area contributed by atoms with Gasteiger partial charge in [0, 0.05) is 25.3 Å². The van der Waals surface area contributed by atoms with Crippen LogP contribution in [0.3, 0.4) is 0 Å². The quantitative estimate of drug-likeness (QED) is 0.865. The molecule has 1 aliphatic heterocycles. The van der Waals surface area contributed by atoms with Crippen molar-refractivity contribution < 1.29 is 0 Å². The summed E-state index contributed by atoms with van der Waals surface area (Å²) in [5, 5.41) is 3.60. The molecule has 2 nitrogen and oxygen atoms in total. The molecule has 0 aliphatic carbocycles. The first-order valence-electron chi connectivity index (χ1n) is 8.42. The van der Waals surface area contributed by atoms with Gasteiger partial charge in [0.1, 0.15) is 0 Å². The Bertz CT molecular complexity index is 453. The first kappa shape index (κ1) is 16.4. The molecule has 0 unspecified atom stereocenters. The van der Waals surface area contributed by atoms with Gasteiger partial charge in [-0.2, -0.15) is 0 Å². The van der Waals surface area contributed by atoms with Crippen LogP contribution in [0.2, 0.25) is 0 Å². The fourth-order valence-electron chi connectivity index (χ4n) is 3.01. The third-order valence-corrected chi connectivity index (χ3v) is 4.56. The van der Waals surface area contributed by atoms with Crippen molar-refractivity contribution in [1.82, 2.24) is 5.32 Å². The summed E-state index contributed by atoms with van der Waals surface area (Å²) in [6, 6.07) is 6.92. The molecular weight excluding hydrogens is 256 g/mol. The molecule has 0 saturated carbocycles. The highest BCUT2D eigenvalue weighted by molar-refractivity contribution is 5.55. The second-order valence-corrected chi connectivity index (χ2v) is 7.81. The molecule has 0 radical (unpaired) electrons. The molecule has 118 valence electrons. The molecule has 2 rings (SSSR count). The molecule has 0 amide bonds. The van der Waals surface area contributed by atoms with E-state index < -0.39 is 0 Å². The summed E-state index contributed by atoms with van der Waals surface area (Å²) < 4.78 is 0. The number of anilines is 1. The van der Waals surface area contributed by atoms with Gasteiger partial charge in [-0.25, -0.2) is 0 Å².